The van der Waals surface area contributed by atoms with Gasteiger partial charge in [-0.05, 0) is 35.7 Å². The summed E-state index contributed by atoms with van der Waals surface area (Å²) in [6.45, 7) is 0.404. The van der Waals surface area contributed by atoms with Gasteiger partial charge in [-0.15, -0.1) is 0 Å². The van der Waals surface area contributed by atoms with Crippen LogP contribution in [-0.2, 0) is 11.2 Å². The Labute approximate surface area is 106 Å². The summed E-state index contributed by atoms with van der Waals surface area (Å²) in [6, 6.07) is 14.0. The summed E-state index contributed by atoms with van der Waals surface area (Å²) >= 11 is 0. The van der Waals surface area contributed by atoms with Crippen molar-refractivity contribution in [3.63, 3.8) is 0 Å². The molecular formula is C15H17NO2. The fraction of sp³-hybridized carbons (Fsp3) is 0.267. The Morgan fingerprint density at radius 3 is 2.61 bits per heavy atom. The lowest BCUT2D eigenvalue weighted by atomic mass is 9.93. The molecule has 0 amide bonds. The molecule has 0 saturated carbocycles. The van der Waals surface area contributed by atoms with Crippen LogP contribution in [0.4, 0.5) is 0 Å². The molecule has 0 aromatic heterocycles. The van der Waals surface area contributed by atoms with Crippen molar-refractivity contribution in [1.29, 1.82) is 0 Å². The number of fused-ring (bicyclic) bond motifs is 1. The molecule has 0 bridgehead atoms. The summed E-state index contributed by atoms with van der Waals surface area (Å²) in [5.74, 6) is -1.17. The number of rotatable bonds is 5. The summed E-state index contributed by atoms with van der Waals surface area (Å²) in [7, 11) is 0. The molecular weight excluding hydrogens is 226 g/mol. The van der Waals surface area contributed by atoms with Crippen molar-refractivity contribution < 1.29 is 9.90 Å². The third-order valence-corrected chi connectivity index (χ3v) is 3.21. The average Bonchev–Trinajstić information content (AvgIpc) is 2.38. The molecule has 0 aliphatic rings. The highest BCUT2D eigenvalue weighted by atomic mass is 16.4. The third kappa shape index (κ3) is 2.68. The Morgan fingerprint density at radius 2 is 1.89 bits per heavy atom. The molecule has 0 heterocycles. The van der Waals surface area contributed by atoms with E-state index in [1.165, 1.54) is 0 Å². The molecule has 3 heteroatoms. The molecule has 18 heavy (non-hydrogen) atoms. The predicted octanol–water partition coefficient (Wildman–Crippen LogP) is 2.43. The number of benzene rings is 2. The molecule has 0 aliphatic heterocycles. The zero-order valence-corrected chi connectivity index (χ0v) is 10.2. The molecule has 3 N–H and O–H groups in total. The second kappa shape index (κ2) is 5.65. The van der Waals surface area contributed by atoms with Crippen molar-refractivity contribution in [3.8, 4) is 0 Å². The molecule has 2 rings (SSSR count). The van der Waals surface area contributed by atoms with Gasteiger partial charge in [0.15, 0.2) is 0 Å². The lowest BCUT2D eigenvalue weighted by Crippen LogP contribution is -2.20. The zero-order valence-electron chi connectivity index (χ0n) is 10.2. The van der Waals surface area contributed by atoms with E-state index in [0.717, 1.165) is 16.3 Å². The van der Waals surface area contributed by atoms with Crippen LogP contribution in [-0.4, -0.2) is 17.6 Å². The maximum Gasteiger partial charge on any atom is 0.306 e. The van der Waals surface area contributed by atoms with Crippen LogP contribution in [0.3, 0.4) is 0 Å². The van der Waals surface area contributed by atoms with E-state index in [4.69, 9.17) is 5.73 Å². The van der Waals surface area contributed by atoms with Gasteiger partial charge in [0.1, 0.15) is 0 Å². The van der Waals surface area contributed by atoms with Gasteiger partial charge in [-0.2, -0.15) is 0 Å². The molecule has 2 aromatic carbocycles. The first kappa shape index (κ1) is 12.6. The van der Waals surface area contributed by atoms with Crippen molar-refractivity contribution in [2.24, 2.45) is 11.7 Å². The standard InChI is InChI=1S/C15H17NO2/c16-9-8-13(15(17)18)10-12-6-3-5-11-4-1-2-7-14(11)12/h1-7,13H,8-10,16H2,(H,17,18). The van der Waals surface area contributed by atoms with Gasteiger partial charge in [0.05, 0.1) is 5.92 Å². The highest BCUT2D eigenvalue weighted by Crippen LogP contribution is 2.22. The van der Waals surface area contributed by atoms with Crippen molar-refractivity contribution >= 4 is 16.7 Å². The van der Waals surface area contributed by atoms with E-state index < -0.39 is 11.9 Å². The van der Waals surface area contributed by atoms with Gasteiger partial charge >= 0.3 is 5.97 Å². The van der Waals surface area contributed by atoms with Gasteiger partial charge in [0.2, 0.25) is 0 Å². The van der Waals surface area contributed by atoms with Gasteiger partial charge < -0.3 is 10.8 Å². The van der Waals surface area contributed by atoms with Crippen LogP contribution in [0.15, 0.2) is 42.5 Å². The van der Waals surface area contributed by atoms with E-state index in [1.807, 2.05) is 42.5 Å². The number of aliphatic carboxylic acids is 1. The lowest BCUT2D eigenvalue weighted by Gasteiger charge is -2.13. The minimum atomic E-state index is -0.770. The lowest BCUT2D eigenvalue weighted by molar-refractivity contribution is -0.141. The predicted molar refractivity (Wildman–Crippen MR) is 72.4 cm³/mol. The number of hydrogen-bond donors (Lipinski definition) is 2. The molecule has 0 spiro atoms. The average molecular weight is 243 g/mol. The molecule has 3 nitrogen and oxygen atoms in total. The quantitative estimate of drug-likeness (QED) is 0.847. The number of carbonyl (C=O) groups is 1. The third-order valence-electron chi connectivity index (χ3n) is 3.21. The summed E-state index contributed by atoms with van der Waals surface area (Å²) in [6.07, 6.45) is 1.05. The van der Waals surface area contributed by atoms with Crippen molar-refractivity contribution in [2.75, 3.05) is 6.54 Å². The van der Waals surface area contributed by atoms with Gasteiger partial charge in [-0.1, -0.05) is 42.5 Å². The highest BCUT2D eigenvalue weighted by Gasteiger charge is 2.17. The number of carboxylic acids is 1. The Hall–Kier alpha value is -1.87. The molecule has 1 unspecified atom stereocenters. The van der Waals surface area contributed by atoms with Gasteiger partial charge in [-0.25, -0.2) is 0 Å². The van der Waals surface area contributed by atoms with E-state index in [1.54, 1.807) is 0 Å². The zero-order chi connectivity index (χ0) is 13.0. The van der Waals surface area contributed by atoms with Crippen molar-refractivity contribution in [1.82, 2.24) is 0 Å². The first-order chi connectivity index (χ1) is 8.72. The number of nitrogens with two attached hydrogens (primary N) is 1. The van der Waals surface area contributed by atoms with Crippen LogP contribution in [0.2, 0.25) is 0 Å². The van der Waals surface area contributed by atoms with E-state index in [9.17, 15) is 9.90 Å². The second-order valence-electron chi connectivity index (χ2n) is 4.45. The monoisotopic (exact) mass is 243 g/mol. The number of hydrogen-bond acceptors (Lipinski definition) is 2. The summed E-state index contributed by atoms with van der Waals surface area (Å²) in [5.41, 5.74) is 6.55. The molecule has 0 fully saturated rings. The number of carboxylic acid groups (broad SMARTS) is 1. The fourth-order valence-corrected chi connectivity index (χ4v) is 2.25. The molecule has 0 aliphatic carbocycles. The van der Waals surface area contributed by atoms with Crippen LogP contribution >= 0.6 is 0 Å². The van der Waals surface area contributed by atoms with Crippen LogP contribution in [0.25, 0.3) is 10.8 Å². The summed E-state index contributed by atoms with van der Waals surface area (Å²) in [5, 5.41) is 11.5. The topological polar surface area (TPSA) is 63.3 Å². The minimum Gasteiger partial charge on any atom is -0.481 e. The minimum absolute atomic E-state index is 0.402. The first-order valence-electron chi connectivity index (χ1n) is 6.12. The Bertz CT molecular complexity index is 546. The second-order valence-corrected chi connectivity index (χ2v) is 4.45. The maximum absolute atomic E-state index is 11.2. The van der Waals surface area contributed by atoms with Crippen molar-refractivity contribution in [2.45, 2.75) is 12.8 Å². The Balaban J connectivity index is 2.33. The largest absolute Gasteiger partial charge is 0.481 e. The molecule has 1 atom stereocenters. The first-order valence-corrected chi connectivity index (χ1v) is 6.12. The fourth-order valence-electron chi connectivity index (χ4n) is 2.25. The molecule has 0 radical (unpaired) electrons. The van der Waals surface area contributed by atoms with Crippen LogP contribution in [0.5, 0.6) is 0 Å². The van der Waals surface area contributed by atoms with E-state index in [0.29, 0.717) is 19.4 Å². The maximum atomic E-state index is 11.2. The SMILES string of the molecule is NCCC(Cc1cccc2ccccc12)C(=O)O. The van der Waals surface area contributed by atoms with E-state index in [-0.39, 0.29) is 0 Å². The Morgan fingerprint density at radius 1 is 1.17 bits per heavy atom. The van der Waals surface area contributed by atoms with Gasteiger partial charge in [-0.3, -0.25) is 4.79 Å². The van der Waals surface area contributed by atoms with Gasteiger partial charge in [0, 0.05) is 0 Å². The Kier molecular flexibility index (Phi) is 3.95. The summed E-state index contributed by atoms with van der Waals surface area (Å²) in [4.78, 5) is 11.2. The van der Waals surface area contributed by atoms with Crippen molar-refractivity contribution in [3.05, 3.63) is 48.0 Å². The van der Waals surface area contributed by atoms with E-state index >= 15 is 0 Å². The van der Waals surface area contributed by atoms with E-state index in [2.05, 4.69) is 0 Å². The smallest absolute Gasteiger partial charge is 0.306 e. The molecule has 2 aromatic rings. The van der Waals surface area contributed by atoms with Crippen LogP contribution in [0.1, 0.15) is 12.0 Å². The van der Waals surface area contributed by atoms with Gasteiger partial charge in [0.25, 0.3) is 0 Å². The molecule has 94 valence electrons. The summed E-state index contributed by atoms with van der Waals surface area (Å²) < 4.78 is 0. The molecule has 0 saturated heterocycles. The normalized spacial score (nSPS) is 12.5. The highest BCUT2D eigenvalue weighted by molar-refractivity contribution is 5.86. The van der Waals surface area contributed by atoms with Crippen LogP contribution < -0.4 is 5.73 Å². The van der Waals surface area contributed by atoms with Crippen LogP contribution in [0, 0.1) is 5.92 Å².